The molecule has 1 aliphatic rings. The van der Waals surface area contributed by atoms with Crippen molar-refractivity contribution in [2.45, 2.75) is 18.9 Å². The SMILES string of the molecule is COc1cccc([C@H](CN=Cc2c(O)ccc3ccccc23)N2CCCC2)c1. The molecule has 3 aromatic carbocycles. The zero-order valence-electron chi connectivity index (χ0n) is 16.2. The van der Waals surface area contributed by atoms with Gasteiger partial charge in [-0.05, 0) is 60.5 Å². The number of phenols is 1. The Morgan fingerprint density at radius 1 is 1.07 bits per heavy atom. The Balaban J connectivity index is 1.62. The summed E-state index contributed by atoms with van der Waals surface area (Å²) in [4.78, 5) is 7.26. The second-order valence-corrected chi connectivity index (χ2v) is 7.25. The number of rotatable bonds is 6. The van der Waals surface area contributed by atoms with Crippen LogP contribution in [0.4, 0.5) is 0 Å². The van der Waals surface area contributed by atoms with Crippen LogP contribution in [0.3, 0.4) is 0 Å². The van der Waals surface area contributed by atoms with Gasteiger partial charge in [0.1, 0.15) is 11.5 Å². The predicted molar refractivity (Wildman–Crippen MR) is 115 cm³/mol. The lowest BCUT2D eigenvalue weighted by atomic mass is 10.0. The van der Waals surface area contributed by atoms with E-state index in [0.29, 0.717) is 6.54 Å². The number of nitrogens with zero attached hydrogens (tertiary/aromatic N) is 2. The molecular formula is C24H26N2O2. The minimum Gasteiger partial charge on any atom is -0.507 e. The van der Waals surface area contributed by atoms with E-state index in [4.69, 9.17) is 9.73 Å². The first kappa shape index (κ1) is 18.5. The van der Waals surface area contributed by atoms with Crippen LogP contribution in [-0.4, -0.2) is 43.0 Å². The van der Waals surface area contributed by atoms with Crippen LogP contribution >= 0.6 is 0 Å². The molecule has 3 aromatic rings. The highest BCUT2D eigenvalue weighted by Gasteiger charge is 2.23. The molecule has 0 radical (unpaired) electrons. The molecular weight excluding hydrogens is 348 g/mol. The van der Waals surface area contributed by atoms with Gasteiger partial charge in [0.2, 0.25) is 0 Å². The van der Waals surface area contributed by atoms with Crippen LogP contribution in [0.5, 0.6) is 11.5 Å². The summed E-state index contributed by atoms with van der Waals surface area (Å²) in [6, 6.07) is 20.2. The second-order valence-electron chi connectivity index (χ2n) is 7.25. The average Bonchev–Trinajstić information content (AvgIpc) is 3.27. The van der Waals surface area contributed by atoms with Crippen LogP contribution < -0.4 is 4.74 Å². The van der Waals surface area contributed by atoms with Crippen molar-refractivity contribution in [2.75, 3.05) is 26.7 Å². The fraction of sp³-hybridized carbons (Fsp3) is 0.292. The van der Waals surface area contributed by atoms with Gasteiger partial charge in [-0.25, -0.2) is 0 Å². The molecule has 1 aliphatic heterocycles. The van der Waals surface area contributed by atoms with E-state index in [2.05, 4.69) is 23.1 Å². The summed E-state index contributed by atoms with van der Waals surface area (Å²) >= 11 is 0. The fourth-order valence-corrected chi connectivity index (χ4v) is 4.00. The molecule has 4 heteroatoms. The van der Waals surface area contributed by atoms with Crippen LogP contribution in [0.1, 0.15) is 30.0 Å². The lowest BCUT2D eigenvalue weighted by Crippen LogP contribution is -2.27. The normalized spacial score (nSPS) is 16.0. The number of aliphatic imine (C=N–C) groups is 1. The fourth-order valence-electron chi connectivity index (χ4n) is 4.00. The molecule has 0 amide bonds. The van der Waals surface area contributed by atoms with E-state index in [0.717, 1.165) is 35.2 Å². The Kier molecular flexibility index (Phi) is 5.58. The number of hydrogen-bond acceptors (Lipinski definition) is 4. The van der Waals surface area contributed by atoms with Crippen molar-refractivity contribution in [3.8, 4) is 11.5 Å². The van der Waals surface area contributed by atoms with Crippen LogP contribution in [0.15, 0.2) is 65.7 Å². The van der Waals surface area contributed by atoms with Gasteiger partial charge in [-0.2, -0.15) is 0 Å². The van der Waals surface area contributed by atoms with Gasteiger partial charge in [0.05, 0.1) is 19.7 Å². The largest absolute Gasteiger partial charge is 0.507 e. The van der Waals surface area contributed by atoms with Crippen molar-refractivity contribution >= 4 is 17.0 Å². The van der Waals surface area contributed by atoms with Crippen molar-refractivity contribution < 1.29 is 9.84 Å². The smallest absolute Gasteiger partial charge is 0.124 e. The van der Waals surface area contributed by atoms with Crippen molar-refractivity contribution in [1.29, 1.82) is 0 Å². The van der Waals surface area contributed by atoms with Gasteiger partial charge in [0, 0.05) is 11.8 Å². The number of phenolic OH excluding ortho intramolecular Hbond substituents is 1. The molecule has 4 nitrogen and oxygen atoms in total. The number of fused-ring (bicyclic) bond motifs is 1. The Morgan fingerprint density at radius 2 is 1.89 bits per heavy atom. The maximum absolute atomic E-state index is 10.4. The lowest BCUT2D eigenvalue weighted by molar-refractivity contribution is 0.251. The summed E-state index contributed by atoms with van der Waals surface area (Å²) in [5, 5.41) is 12.5. The third kappa shape index (κ3) is 3.87. The van der Waals surface area contributed by atoms with Gasteiger partial charge in [-0.1, -0.05) is 42.5 Å². The summed E-state index contributed by atoms with van der Waals surface area (Å²) in [6.45, 7) is 2.84. The molecule has 0 aromatic heterocycles. The van der Waals surface area contributed by atoms with E-state index in [-0.39, 0.29) is 11.8 Å². The minimum absolute atomic E-state index is 0.214. The second kappa shape index (κ2) is 8.44. The highest BCUT2D eigenvalue weighted by molar-refractivity contribution is 6.02. The first-order valence-electron chi connectivity index (χ1n) is 9.85. The van der Waals surface area contributed by atoms with Gasteiger partial charge < -0.3 is 9.84 Å². The Labute approximate surface area is 166 Å². The molecule has 1 atom stereocenters. The number of likely N-dealkylation sites (tertiary alicyclic amines) is 1. The van der Waals surface area contributed by atoms with Crippen molar-refractivity contribution in [3.63, 3.8) is 0 Å². The van der Waals surface area contributed by atoms with Crippen molar-refractivity contribution in [3.05, 3.63) is 71.8 Å². The topological polar surface area (TPSA) is 45.1 Å². The quantitative estimate of drug-likeness (QED) is 0.630. The predicted octanol–water partition coefficient (Wildman–Crippen LogP) is 4.81. The molecule has 1 heterocycles. The number of hydrogen-bond donors (Lipinski definition) is 1. The summed E-state index contributed by atoms with van der Waals surface area (Å²) in [6.07, 6.45) is 4.28. The molecule has 1 N–H and O–H groups in total. The number of methoxy groups -OCH3 is 1. The average molecular weight is 374 g/mol. The Bertz CT molecular complexity index is 977. The van der Waals surface area contributed by atoms with E-state index in [1.54, 1.807) is 13.2 Å². The van der Waals surface area contributed by atoms with E-state index in [1.807, 2.05) is 42.6 Å². The maximum Gasteiger partial charge on any atom is 0.124 e. The highest BCUT2D eigenvalue weighted by atomic mass is 16.5. The van der Waals surface area contributed by atoms with Crippen LogP contribution in [0.2, 0.25) is 0 Å². The first-order valence-corrected chi connectivity index (χ1v) is 9.85. The molecule has 0 bridgehead atoms. The summed E-state index contributed by atoms with van der Waals surface area (Å²) in [5.41, 5.74) is 2.00. The summed E-state index contributed by atoms with van der Waals surface area (Å²) < 4.78 is 5.42. The molecule has 4 rings (SSSR count). The molecule has 0 spiro atoms. The Morgan fingerprint density at radius 3 is 2.71 bits per heavy atom. The number of ether oxygens (including phenoxy) is 1. The van der Waals surface area contributed by atoms with E-state index < -0.39 is 0 Å². The molecule has 0 aliphatic carbocycles. The maximum atomic E-state index is 10.4. The Hall–Kier alpha value is -2.85. The van der Waals surface area contributed by atoms with Gasteiger partial charge in [0.15, 0.2) is 0 Å². The lowest BCUT2D eigenvalue weighted by Gasteiger charge is -2.26. The highest BCUT2D eigenvalue weighted by Crippen LogP contribution is 2.29. The minimum atomic E-state index is 0.214. The molecule has 0 unspecified atom stereocenters. The van der Waals surface area contributed by atoms with Crippen LogP contribution in [0, 0.1) is 0 Å². The van der Waals surface area contributed by atoms with Crippen LogP contribution in [-0.2, 0) is 0 Å². The molecule has 1 saturated heterocycles. The number of aromatic hydroxyl groups is 1. The third-order valence-electron chi connectivity index (χ3n) is 5.51. The van der Waals surface area contributed by atoms with Crippen molar-refractivity contribution in [2.24, 2.45) is 4.99 Å². The van der Waals surface area contributed by atoms with Gasteiger partial charge in [0.25, 0.3) is 0 Å². The molecule has 28 heavy (non-hydrogen) atoms. The summed E-state index contributed by atoms with van der Waals surface area (Å²) in [5.74, 6) is 1.14. The molecule has 144 valence electrons. The van der Waals surface area contributed by atoms with E-state index in [1.165, 1.54) is 18.4 Å². The summed E-state index contributed by atoms with van der Waals surface area (Å²) in [7, 11) is 1.70. The first-order chi connectivity index (χ1) is 13.8. The van der Waals surface area contributed by atoms with Gasteiger partial charge >= 0.3 is 0 Å². The van der Waals surface area contributed by atoms with Gasteiger partial charge in [-0.15, -0.1) is 0 Å². The standard InChI is InChI=1S/C24H26N2O2/c1-28-20-9-6-8-19(15-20)23(26-13-4-5-14-26)17-25-16-22-21-10-3-2-7-18(21)11-12-24(22)27/h2-3,6-12,15-16,23,27H,4-5,13-14,17H2,1H3/t23-/m0/s1. The van der Waals surface area contributed by atoms with Crippen molar-refractivity contribution in [1.82, 2.24) is 4.90 Å². The number of benzene rings is 3. The van der Waals surface area contributed by atoms with E-state index in [9.17, 15) is 5.11 Å². The van der Waals surface area contributed by atoms with Gasteiger partial charge in [-0.3, -0.25) is 9.89 Å². The molecule has 1 fully saturated rings. The van der Waals surface area contributed by atoms with Crippen LogP contribution in [0.25, 0.3) is 10.8 Å². The zero-order chi connectivity index (χ0) is 19.3. The zero-order valence-corrected chi connectivity index (χ0v) is 16.2. The van der Waals surface area contributed by atoms with E-state index >= 15 is 0 Å². The third-order valence-corrected chi connectivity index (χ3v) is 5.51. The molecule has 0 saturated carbocycles. The monoisotopic (exact) mass is 374 g/mol.